The van der Waals surface area contributed by atoms with Crippen LogP contribution in [-0.4, -0.2) is 0 Å². The first-order valence-electron chi connectivity index (χ1n) is 11.3. The van der Waals surface area contributed by atoms with Crippen molar-refractivity contribution in [2.24, 2.45) is 7.05 Å². The Morgan fingerprint density at radius 3 is 2.24 bits per heavy atom. The van der Waals surface area contributed by atoms with Crippen molar-refractivity contribution in [2.75, 3.05) is 0 Å². The first kappa shape index (κ1) is 18.4. The molecule has 2 aromatic heterocycles. The number of aromatic nitrogens is 1. The maximum Gasteiger partial charge on any atom is 0.216 e. The average molecular weight is 425 g/mol. The first-order chi connectivity index (χ1) is 16.2. The van der Waals surface area contributed by atoms with E-state index in [1.807, 2.05) is 0 Å². The smallest absolute Gasteiger partial charge is 0.216 e. The summed E-state index contributed by atoms with van der Waals surface area (Å²) in [5.41, 5.74) is 5.42. The van der Waals surface area contributed by atoms with Crippen LogP contribution in [0.1, 0.15) is 5.56 Å². The van der Waals surface area contributed by atoms with Crippen LogP contribution in [0.25, 0.3) is 65.5 Å². The molecular formula is C31H22NO+. The van der Waals surface area contributed by atoms with Crippen molar-refractivity contribution < 1.29 is 8.98 Å². The lowest BCUT2D eigenvalue weighted by Gasteiger charge is -2.07. The molecule has 2 heteroatoms. The van der Waals surface area contributed by atoms with Crippen LogP contribution < -0.4 is 4.57 Å². The molecule has 156 valence electrons. The van der Waals surface area contributed by atoms with E-state index < -0.39 is 0 Å². The normalized spacial score (nSPS) is 11.9. The number of furan rings is 1. The van der Waals surface area contributed by atoms with Gasteiger partial charge < -0.3 is 4.42 Å². The summed E-state index contributed by atoms with van der Waals surface area (Å²) in [6.07, 6.45) is 2.20. The van der Waals surface area contributed by atoms with E-state index >= 15 is 0 Å². The molecule has 0 fully saturated rings. The summed E-state index contributed by atoms with van der Waals surface area (Å²) in [5.74, 6) is 0. The molecule has 0 spiro atoms. The second-order valence-corrected chi connectivity index (χ2v) is 8.99. The van der Waals surface area contributed by atoms with Crippen molar-refractivity contribution in [1.29, 1.82) is 0 Å². The highest BCUT2D eigenvalue weighted by Crippen LogP contribution is 2.40. The highest BCUT2D eigenvalue weighted by atomic mass is 16.3. The summed E-state index contributed by atoms with van der Waals surface area (Å²) in [4.78, 5) is 0. The Hall–Kier alpha value is -4.17. The van der Waals surface area contributed by atoms with Gasteiger partial charge >= 0.3 is 0 Å². The zero-order chi connectivity index (χ0) is 22.1. The van der Waals surface area contributed by atoms with Gasteiger partial charge in [0, 0.05) is 22.2 Å². The first-order valence-corrected chi connectivity index (χ1v) is 11.3. The summed E-state index contributed by atoms with van der Waals surface area (Å²) in [7, 11) is 2.11. The Kier molecular flexibility index (Phi) is 3.72. The molecule has 0 bridgehead atoms. The van der Waals surface area contributed by atoms with Crippen molar-refractivity contribution in [3.05, 3.63) is 103 Å². The molecule has 2 heterocycles. The van der Waals surface area contributed by atoms with Crippen LogP contribution in [-0.2, 0) is 7.05 Å². The quantitative estimate of drug-likeness (QED) is 0.194. The fourth-order valence-corrected chi connectivity index (χ4v) is 5.29. The summed E-state index contributed by atoms with van der Waals surface area (Å²) >= 11 is 0. The highest BCUT2D eigenvalue weighted by molar-refractivity contribution is 6.17. The van der Waals surface area contributed by atoms with E-state index in [-0.39, 0.29) is 0 Å². The van der Waals surface area contributed by atoms with Crippen molar-refractivity contribution in [1.82, 2.24) is 0 Å². The predicted octanol–water partition coefficient (Wildman–Crippen LogP) is 7.85. The molecule has 2 nitrogen and oxygen atoms in total. The lowest BCUT2D eigenvalue weighted by Crippen LogP contribution is -2.30. The predicted molar refractivity (Wildman–Crippen MR) is 138 cm³/mol. The summed E-state index contributed by atoms with van der Waals surface area (Å²) in [6, 6.07) is 32.7. The Labute approximate surface area is 191 Å². The Balaban J connectivity index is 1.58. The average Bonchev–Trinajstić information content (AvgIpc) is 3.20. The number of pyridine rings is 1. The largest absolute Gasteiger partial charge is 0.455 e. The molecule has 0 aliphatic heterocycles. The van der Waals surface area contributed by atoms with E-state index in [2.05, 4.69) is 116 Å². The second kappa shape index (κ2) is 6.66. The van der Waals surface area contributed by atoms with Crippen LogP contribution in [0.3, 0.4) is 0 Å². The molecule has 0 saturated heterocycles. The molecule has 0 N–H and O–H groups in total. The molecule has 0 aliphatic rings. The van der Waals surface area contributed by atoms with Gasteiger partial charge in [-0.05, 0) is 57.6 Å². The Morgan fingerprint density at radius 2 is 1.36 bits per heavy atom. The van der Waals surface area contributed by atoms with E-state index in [0.29, 0.717) is 0 Å². The number of benzene rings is 5. The van der Waals surface area contributed by atoms with Gasteiger partial charge in [-0.15, -0.1) is 0 Å². The van der Waals surface area contributed by atoms with Crippen LogP contribution in [0.2, 0.25) is 0 Å². The molecule has 33 heavy (non-hydrogen) atoms. The zero-order valence-electron chi connectivity index (χ0n) is 18.6. The van der Waals surface area contributed by atoms with E-state index in [1.165, 1.54) is 37.9 Å². The summed E-state index contributed by atoms with van der Waals surface area (Å²) < 4.78 is 8.84. The lowest BCUT2D eigenvalue weighted by atomic mass is 9.97. The van der Waals surface area contributed by atoms with E-state index in [1.54, 1.807) is 0 Å². The molecule has 0 unspecified atom stereocenters. The standard InChI is InChI=1S/C31H22NO/c1-19-11-14-25-27-15-22-13-12-20-7-5-6-10-24(20)26(22)17-29(27)33-31(25)30(19)28-16-21-8-3-4-9-23(21)18-32(28)2/h3-18H,1-2H3/q+1. The van der Waals surface area contributed by atoms with Gasteiger partial charge in [0.2, 0.25) is 5.69 Å². The molecule has 0 atom stereocenters. The monoisotopic (exact) mass is 424 g/mol. The van der Waals surface area contributed by atoms with E-state index in [9.17, 15) is 0 Å². The fourth-order valence-electron chi connectivity index (χ4n) is 5.29. The minimum absolute atomic E-state index is 0.934. The van der Waals surface area contributed by atoms with Crippen molar-refractivity contribution >= 4 is 54.3 Å². The van der Waals surface area contributed by atoms with Gasteiger partial charge in [0.1, 0.15) is 18.2 Å². The van der Waals surface area contributed by atoms with Crippen LogP contribution in [0.15, 0.2) is 102 Å². The van der Waals surface area contributed by atoms with Gasteiger partial charge in [-0.2, -0.15) is 0 Å². The molecule has 0 radical (unpaired) electrons. The molecule has 0 saturated carbocycles. The fraction of sp³-hybridized carbons (Fsp3) is 0.0645. The highest BCUT2D eigenvalue weighted by Gasteiger charge is 2.21. The van der Waals surface area contributed by atoms with Gasteiger partial charge in [0.25, 0.3) is 0 Å². The number of hydrogen-bond acceptors (Lipinski definition) is 1. The number of fused-ring (bicyclic) bond motifs is 7. The molecule has 0 amide bonds. The van der Waals surface area contributed by atoms with Crippen molar-refractivity contribution in [2.45, 2.75) is 6.92 Å². The molecule has 0 aliphatic carbocycles. The molecule has 5 aromatic carbocycles. The van der Waals surface area contributed by atoms with Crippen molar-refractivity contribution in [3.8, 4) is 11.3 Å². The maximum atomic E-state index is 6.63. The number of rotatable bonds is 1. The third kappa shape index (κ3) is 2.64. The van der Waals surface area contributed by atoms with Crippen molar-refractivity contribution in [3.63, 3.8) is 0 Å². The minimum atomic E-state index is 0.934. The minimum Gasteiger partial charge on any atom is -0.455 e. The van der Waals surface area contributed by atoms with Crippen LogP contribution in [0.4, 0.5) is 0 Å². The van der Waals surface area contributed by atoms with Gasteiger partial charge in [0.05, 0.1) is 5.56 Å². The third-order valence-electron chi connectivity index (χ3n) is 6.97. The zero-order valence-corrected chi connectivity index (χ0v) is 18.6. The Morgan fingerprint density at radius 1 is 0.606 bits per heavy atom. The van der Waals surface area contributed by atoms with Gasteiger partial charge in [-0.25, -0.2) is 4.57 Å². The van der Waals surface area contributed by atoms with Crippen LogP contribution in [0, 0.1) is 6.92 Å². The topological polar surface area (TPSA) is 17.0 Å². The summed E-state index contributed by atoms with van der Waals surface area (Å²) in [5, 5.41) is 9.77. The molecular weight excluding hydrogens is 402 g/mol. The molecule has 7 rings (SSSR count). The number of hydrogen-bond donors (Lipinski definition) is 0. The third-order valence-corrected chi connectivity index (χ3v) is 6.97. The maximum absolute atomic E-state index is 6.63. The van der Waals surface area contributed by atoms with E-state index in [0.717, 1.165) is 33.2 Å². The number of nitrogens with zero attached hydrogens (tertiary/aromatic N) is 1. The number of aryl methyl sites for hydroxylation is 2. The SMILES string of the molecule is Cc1ccc2c(oc3cc4c(ccc5ccccc54)cc32)c1-c1cc2ccccc2c[n+]1C. The van der Waals surface area contributed by atoms with Gasteiger partial charge in [-0.1, -0.05) is 66.7 Å². The summed E-state index contributed by atoms with van der Waals surface area (Å²) in [6.45, 7) is 2.17. The second-order valence-electron chi connectivity index (χ2n) is 8.99. The van der Waals surface area contributed by atoms with E-state index in [4.69, 9.17) is 4.42 Å². The van der Waals surface area contributed by atoms with Crippen LogP contribution in [0.5, 0.6) is 0 Å². The Bertz CT molecular complexity index is 1890. The lowest BCUT2D eigenvalue weighted by molar-refractivity contribution is -0.659. The van der Waals surface area contributed by atoms with Crippen LogP contribution >= 0.6 is 0 Å². The molecule has 7 aromatic rings. The van der Waals surface area contributed by atoms with Gasteiger partial charge in [-0.3, -0.25) is 0 Å². The van der Waals surface area contributed by atoms with Gasteiger partial charge in [0.15, 0.2) is 6.20 Å².